The van der Waals surface area contributed by atoms with Crippen molar-refractivity contribution in [1.82, 2.24) is 9.88 Å². The maximum absolute atomic E-state index is 14.6. The Morgan fingerprint density at radius 2 is 2.06 bits per heavy atom. The highest BCUT2D eigenvalue weighted by Gasteiger charge is 2.26. The van der Waals surface area contributed by atoms with E-state index in [9.17, 15) is 9.18 Å². The first-order chi connectivity index (χ1) is 15.9. The summed E-state index contributed by atoms with van der Waals surface area (Å²) < 4.78 is 31.6. The fraction of sp³-hybridized carbons (Fsp3) is 0.500. The number of aromatic nitrogens is 1. The molecule has 0 unspecified atom stereocenters. The summed E-state index contributed by atoms with van der Waals surface area (Å²) in [5.74, 6) is 1.91. The Kier molecular flexibility index (Phi) is 9.05. The summed E-state index contributed by atoms with van der Waals surface area (Å²) in [4.78, 5) is 18.1. The van der Waals surface area contributed by atoms with E-state index in [0.29, 0.717) is 48.9 Å². The van der Waals surface area contributed by atoms with Crippen LogP contribution in [0, 0.1) is 5.82 Å². The number of amides is 1. The van der Waals surface area contributed by atoms with Crippen LogP contribution in [0.15, 0.2) is 30.5 Å². The Morgan fingerprint density at radius 3 is 2.70 bits per heavy atom. The molecule has 1 aliphatic rings. The Morgan fingerprint density at radius 1 is 1.30 bits per heavy atom. The van der Waals surface area contributed by atoms with Gasteiger partial charge in [0.25, 0.3) is 0 Å². The van der Waals surface area contributed by atoms with Crippen molar-refractivity contribution in [2.75, 3.05) is 37.5 Å². The number of anilines is 2. The molecule has 0 aliphatic carbocycles. The predicted octanol–water partition coefficient (Wildman–Crippen LogP) is 5.27. The Labute approximate surface area is 199 Å². The molecule has 7 nitrogen and oxygen atoms in total. The van der Waals surface area contributed by atoms with Crippen molar-refractivity contribution in [2.45, 2.75) is 45.3 Å². The molecule has 1 aromatic carbocycles. The molecule has 1 N–H and O–H groups in total. The molecule has 2 aromatic rings. The molecule has 9 heteroatoms. The average molecular weight is 478 g/mol. The number of benzene rings is 1. The van der Waals surface area contributed by atoms with Crippen molar-refractivity contribution in [3.63, 3.8) is 0 Å². The van der Waals surface area contributed by atoms with Gasteiger partial charge in [0.1, 0.15) is 11.9 Å². The Hall–Kier alpha value is -2.68. The standard InChI is InChI=1S/C24H32FN3O4S/c1-16(2)31-24(29)28-12-8-18(9-13-28)32-21-7-11-26-23(22(21)30-3)27-20-6-5-17(10-14-33-4)15-19(20)25/h5-7,11,15-16,18H,8-10,12-14H2,1-4H3,(H,26,27). The summed E-state index contributed by atoms with van der Waals surface area (Å²) in [5.41, 5.74) is 1.27. The van der Waals surface area contributed by atoms with E-state index in [4.69, 9.17) is 14.2 Å². The van der Waals surface area contributed by atoms with E-state index in [-0.39, 0.29) is 24.1 Å². The molecule has 0 radical (unpaired) electrons. The van der Waals surface area contributed by atoms with Gasteiger partial charge in [0, 0.05) is 38.2 Å². The van der Waals surface area contributed by atoms with E-state index < -0.39 is 0 Å². The maximum Gasteiger partial charge on any atom is 0.410 e. The van der Waals surface area contributed by atoms with Crippen LogP contribution in [0.3, 0.4) is 0 Å². The van der Waals surface area contributed by atoms with E-state index >= 15 is 0 Å². The van der Waals surface area contributed by atoms with Gasteiger partial charge in [-0.1, -0.05) is 6.07 Å². The molecule has 2 heterocycles. The number of carbonyl (C=O) groups excluding carboxylic acids is 1. The monoisotopic (exact) mass is 477 g/mol. The lowest BCUT2D eigenvalue weighted by atomic mass is 10.1. The van der Waals surface area contributed by atoms with Crippen LogP contribution in [0.4, 0.5) is 20.7 Å². The number of methoxy groups -OCH3 is 1. The molecule has 33 heavy (non-hydrogen) atoms. The zero-order valence-electron chi connectivity index (χ0n) is 19.6. The van der Waals surface area contributed by atoms with Crippen LogP contribution in [0.5, 0.6) is 11.5 Å². The number of carbonyl (C=O) groups is 1. The van der Waals surface area contributed by atoms with Crippen LogP contribution in [0.1, 0.15) is 32.3 Å². The molecule has 0 atom stereocenters. The molecule has 1 fully saturated rings. The number of halogens is 1. The highest BCUT2D eigenvalue weighted by Crippen LogP contribution is 2.37. The van der Waals surface area contributed by atoms with E-state index in [1.54, 1.807) is 41.1 Å². The van der Waals surface area contributed by atoms with E-state index in [1.165, 1.54) is 7.11 Å². The Balaban J connectivity index is 1.66. The fourth-order valence-electron chi connectivity index (χ4n) is 3.58. The summed E-state index contributed by atoms with van der Waals surface area (Å²) >= 11 is 1.73. The number of thioether (sulfide) groups is 1. The van der Waals surface area contributed by atoms with E-state index in [2.05, 4.69) is 10.3 Å². The summed E-state index contributed by atoms with van der Waals surface area (Å²) in [6.07, 6.45) is 5.28. The summed E-state index contributed by atoms with van der Waals surface area (Å²) in [7, 11) is 1.53. The molecule has 1 saturated heterocycles. The van der Waals surface area contributed by atoms with Gasteiger partial charge in [0.05, 0.1) is 18.9 Å². The first-order valence-corrected chi connectivity index (χ1v) is 12.5. The fourth-order valence-corrected chi connectivity index (χ4v) is 4.02. The van der Waals surface area contributed by atoms with Crippen LogP contribution in [0.2, 0.25) is 0 Å². The van der Waals surface area contributed by atoms with Crippen LogP contribution in [-0.4, -0.2) is 60.4 Å². The van der Waals surface area contributed by atoms with Crippen LogP contribution >= 0.6 is 11.8 Å². The Bertz CT molecular complexity index is 936. The van der Waals surface area contributed by atoms with Gasteiger partial charge < -0.3 is 24.4 Å². The van der Waals surface area contributed by atoms with Crippen molar-refractivity contribution < 1.29 is 23.4 Å². The topological polar surface area (TPSA) is 72.9 Å². The van der Waals surface area contributed by atoms with Crippen molar-refractivity contribution in [3.8, 4) is 11.5 Å². The molecule has 1 aliphatic heterocycles. The normalized spacial score (nSPS) is 14.3. The number of hydrogen-bond acceptors (Lipinski definition) is 7. The zero-order chi connectivity index (χ0) is 23.8. The minimum atomic E-state index is -0.343. The summed E-state index contributed by atoms with van der Waals surface area (Å²) in [5, 5.41) is 3.03. The van der Waals surface area contributed by atoms with Crippen LogP contribution < -0.4 is 14.8 Å². The van der Waals surface area contributed by atoms with Gasteiger partial charge in [-0.05, 0) is 50.0 Å². The summed E-state index contributed by atoms with van der Waals surface area (Å²) in [6.45, 7) is 4.79. The third-order valence-electron chi connectivity index (χ3n) is 5.28. The second-order valence-corrected chi connectivity index (χ2v) is 9.10. The van der Waals surface area contributed by atoms with Crippen LogP contribution in [0.25, 0.3) is 0 Å². The van der Waals surface area contributed by atoms with Crippen LogP contribution in [-0.2, 0) is 11.2 Å². The third kappa shape index (κ3) is 6.90. The second kappa shape index (κ2) is 12.0. The number of pyridine rings is 1. The molecule has 0 saturated carbocycles. The lowest BCUT2D eigenvalue weighted by molar-refractivity contribution is 0.0511. The van der Waals surface area contributed by atoms with Crippen molar-refractivity contribution in [2.24, 2.45) is 0 Å². The van der Waals surface area contributed by atoms with Gasteiger partial charge in [-0.3, -0.25) is 0 Å². The highest BCUT2D eigenvalue weighted by molar-refractivity contribution is 7.98. The molecule has 0 spiro atoms. The number of ether oxygens (including phenoxy) is 3. The molecule has 1 amide bonds. The number of rotatable bonds is 9. The zero-order valence-corrected chi connectivity index (χ0v) is 20.4. The van der Waals surface area contributed by atoms with Crippen molar-refractivity contribution in [1.29, 1.82) is 0 Å². The predicted molar refractivity (Wildman–Crippen MR) is 129 cm³/mol. The minimum absolute atomic E-state index is 0.0790. The number of hydrogen-bond donors (Lipinski definition) is 1. The van der Waals surface area contributed by atoms with E-state index in [0.717, 1.165) is 17.7 Å². The van der Waals surface area contributed by atoms with Crippen molar-refractivity contribution >= 4 is 29.4 Å². The SMILES string of the molecule is COc1c(OC2CCN(C(=O)OC(C)C)CC2)ccnc1Nc1ccc(CCSC)cc1F. The number of piperidine rings is 1. The largest absolute Gasteiger partial charge is 0.490 e. The maximum atomic E-state index is 14.6. The molecule has 0 bridgehead atoms. The van der Waals surface area contributed by atoms with Gasteiger partial charge in [-0.2, -0.15) is 11.8 Å². The number of aryl methyl sites for hydroxylation is 1. The molecular weight excluding hydrogens is 445 g/mol. The van der Waals surface area contributed by atoms with Crippen molar-refractivity contribution in [3.05, 3.63) is 41.8 Å². The van der Waals surface area contributed by atoms with Gasteiger partial charge in [-0.25, -0.2) is 14.2 Å². The quantitative estimate of drug-likeness (QED) is 0.528. The first kappa shape index (κ1) is 25.0. The van der Waals surface area contributed by atoms with Gasteiger partial charge in [0.15, 0.2) is 11.6 Å². The molecular formula is C24H32FN3O4S. The number of likely N-dealkylation sites (tertiary alicyclic amines) is 1. The minimum Gasteiger partial charge on any atom is -0.490 e. The number of nitrogens with zero attached hydrogens (tertiary/aromatic N) is 2. The smallest absolute Gasteiger partial charge is 0.410 e. The third-order valence-corrected chi connectivity index (χ3v) is 5.90. The molecule has 180 valence electrons. The lowest BCUT2D eigenvalue weighted by Gasteiger charge is -2.32. The summed E-state index contributed by atoms with van der Waals surface area (Å²) in [6, 6.07) is 6.90. The molecule has 3 rings (SSSR count). The second-order valence-electron chi connectivity index (χ2n) is 8.11. The average Bonchev–Trinajstić information content (AvgIpc) is 2.79. The van der Waals surface area contributed by atoms with E-state index in [1.807, 2.05) is 26.2 Å². The first-order valence-electron chi connectivity index (χ1n) is 11.1. The molecule has 1 aromatic heterocycles. The van der Waals surface area contributed by atoms with Gasteiger partial charge >= 0.3 is 6.09 Å². The van der Waals surface area contributed by atoms with Gasteiger partial charge in [-0.15, -0.1) is 0 Å². The van der Waals surface area contributed by atoms with Gasteiger partial charge in [0.2, 0.25) is 5.75 Å². The number of nitrogens with one attached hydrogen (secondary N) is 1. The highest BCUT2D eigenvalue weighted by atomic mass is 32.2. The lowest BCUT2D eigenvalue weighted by Crippen LogP contribution is -2.42.